The molecule has 28 heavy (non-hydrogen) atoms. The summed E-state index contributed by atoms with van der Waals surface area (Å²) in [5.41, 5.74) is 1.23. The fraction of sp³-hybridized carbons (Fsp3) is 0.364. The summed E-state index contributed by atoms with van der Waals surface area (Å²) < 4.78 is 11.2. The first-order valence-electron chi connectivity index (χ1n) is 9.68. The minimum atomic E-state index is -0.685. The van der Waals surface area contributed by atoms with E-state index in [2.05, 4.69) is 0 Å². The molecule has 0 unspecified atom stereocenters. The van der Waals surface area contributed by atoms with E-state index in [0.717, 1.165) is 32.4 Å². The highest BCUT2D eigenvalue weighted by atomic mass is 16.5. The van der Waals surface area contributed by atoms with E-state index in [1.54, 1.807) is 42.3 Å². The highest BCUT2D eigenvalue weighted by Gasteiger charge is 2.36. The van der Waals surface area contributed by atoms with Gasteiger partial charge < -0.3 is 19.3 Å². The maximum absolute atomic E-state index is 13.2. The van der Waals surface area contributed by atoms with Crippen molar-refractivity contribution in [3.63, 3.8) is 0 Å². The number of likely N-dealkylation sites (tertiary alicyclic amines) is 1. The van der Waals surface area contributed by atoms with Crippen LogP contribution in [0.25, 0.3) is 0 Å². The van der Waals surface area contributed by atoms with Crippen LogP contribution in [0.1, 0.15) is 29.6 Å². The first-order valence-corrected chi connectivity index (χ1v) is 9.68. The molecule has 2 aromatic rings. The normalized spacial score (nSPS) is 18.8. The minimum absolute atomic E-state index is 0.0401. The van der Waals surface area contributed by atoms with E-state index in [-0.39, 0.29) is 18.4 Å². The third kappa shape index (κ3) is 3.54. The molecular formula is C22H24N2O4. The lowest BCUT2D eigenvalue weighted by atomic mass is 10.1. The molecule has 4 rings (SSSR count). The smallest absolute Gasteiger partial charge is 0.265 e. The predicted octanol–water partition coefficient (Wildman–Crippen LogP) is 3.12. The Morgan fingerprint density at radius 1 is 1.00 bits per heavy atom. The van der Waals surface area contributed by atoms with Crippen LogP contribution in [0.5, 0.6) is 11.5 Å². The van der Waals surface area contributed by atoms with Gasteiger partial charge in [0.25, 0.3) is 11.8 Å². The van der Waals surface area contributed by atoms with Gasteiger partial charge in [-0.15, -0.1) is 0 Å². The topological polar surface area (TPSA) is 59.1 Å². The number of hydrogen-bond acceptors (Lipinski definition) is 4. The average molecular weight is 380 g/mol. The van der Waals surface area contributed by atoms with E-state index in [1.165, 1.54) is 0 Å². The lowest BCUT2D eigenvalue weighted by Gasteiger charge is -2.37. The fourth-order valence-electron chi connectivity index (χ4n) is 3.76. The molecule has 2 aliphatic heterocycles. The number of rotatable bonds is 3. The number of carbonyl (C=O) groups excluding carboxylic acids is 2. The minimum Gasteiger partial charge on any atom is -0.497 e. The maximum atomic E-state index is 13.2. The average Bonchev–Trinajstić information content (AvgIpc) is 2.78. The van der Waals surface area contributed by atoms with Crippen molar-refractivity contribution in [3.05, 3.63) is 54.1 Å². The molecule has 1 atom stereocenters. The molecule has 1 saturated heterocycles. The monoisotopic (exact) mass is 380 g/mol. The molecule has 0 N–H and O–H groups in total. The van der Waals surface area contributed by atoms with E-state index in [0.29, 0.717) is 22.7 Å². The molecule has 2 aliphatic rings. The Balaban J connectivity index is 1.61. The number of ether oxygens (including phenoxy) is 2. The molecule has 2 aromatic carbocycles. The molecule has 0 bridgehead atoms. The molecule has 2 heterocycles. The SMILES string of the molecule is COc1ccc(C(=O)N2C[C@@H](C(=O)N3CCCCC3)Oc3ccccc32)cc1. The Morgan fingerprint density at radius 2 is 1.71 bits per heavy atom. The fourth-order valence-corrected chi connectivity index (χ4v) is 3.76. The Kier molecular flexibility index (Phi) is 5.19. The molecule has 0 radical (unpaired) electrons. The van der Waals surface area contributed by atoms with Gasteiger partial charge in [0.2, 0.25) is 0 Å². The van der Waals surface area contributed by atoms with Gasteiger partial charge in [0.05, 0.1) is 19.3 Å². The molecule has 0 saturated carbocycles. The molecule has 0 aromatic heterocycles. The molecular weight excluding hydrogens is 356 g/mol. The number of anilines is 1. The number of para-hydroxylation sites is 2. The van der Waals surface area contributed by atoms with Gasteiger partial charge in [-0.1, -0.05) is 12.1 Å². The first kappa shape index (κ1) is 18.3. The van der Waals surface area contributed by atoms with Crippen molar-refractivity contribution in [1.29, 1.82) is 0 Å². The number of nitrogens with zero attached hydrogens (tertiary/aromatic N) is 2. The molecule has 0 spiro atoms. The van der Waals surface area contributed by atoms with Crippen molar-refractivity contribution in [3.8, 4) is 11.5 Å². The summed E-state index contributed by atoms with van der Waals surface area (Å²) in [6.45, 7) is 1.72. The zero-order chi connectivity index (χ0) is 19.5. The van der Waals surface area contributed by atoms with E-state index in [9.17, 15) is 9.59 Å². The highest BCUT2D eigenvalue weighted by molar-refractivity contribution is 6.08. The molecule has 2 amide bonds. The lowest BCUT2D eigenvalue weighted by molar-refractivity contribution is -0.139. The summed E-state index contributed by atoms with van der Waals surface area (Å²) in [7, 11) is 1.59. The van der Waals surface area contributed by atoms with Gasteiger partial charge in [0, 0.05) is 18.7 Å². The Bertz CT molecular complexity index is 859. The Morgan fingerprint density at radius 3 is 2.43 bits per heavy atom. The quantitative estimate of drug-likeness (QED) is 0.821. The van der Waals surface area contributed by atoms with Crippen LogP contribution in [0.15, 0.2) is 48.5 Å². The van der Waals surface area contributed by atoms with Crippen molar-refractivity contribution in [1.82, 2.24) is 4.90 Å². The summed E-state index contributed by atoms with van der Waals surface area (Å²) in [5.74, 6) is 1.06. The van der Waals surface area contributed by atoms with Crippen LogP contribution in [0.3, 0.4) is 0 Å². The van der Waals surface area contributed by atoms with Crippen molar-refractivity contribution < 1.29 is 19.1 Å². The molecule has 146 valence electrons. The van der Waals surface area contributed by atoms with E-state index >= 15 is 0 Å². The Hall–Kier alpha value is -3.02. The number of methoxy groups -OCH3 is 1. The summed E-state index contributed by atoms with van der Waals surface area (Å²) in [4.78, 5) is 29.7. The van der Waals surface area contributed by atoms with Crippen molar-refractivity contribution >= 4 is 17.5 Å². The summed E-state index contributed by atoms with van der Waals surface area (Å²) in [5, 5.41) is 0. The largest absolute Gasteiger partial charge is 0.497 e. The zero-order valence-corrected chi connectivity index (χ0v) is 16.0. The molecule has 6 nitrogen and oxygen atoms in total. The second-order valence-corrected chi connectivity index (χ2v) is 7.10. The van der Waals surface area contributed by atoms with Crippen LogP contribution in [0, 0.1) is 0 Å². The number of piperidine rings is 1. The number of hydrogen-bond donors (Lipinski definition) is 0. The van der Waals surface area contributed by atoms with E-state index in [4.69, 9.17) is 9.47 Å². The lowest BCUT2D eigenvalue weighted by Crippen LogP contribution is -2.52. The summed E-state index contributed by atoms with van der Waals surface area (Å²) in [6.07, 6.45) is 2.50. The van der Waals surface area contributed by atoms with Crippen LogP contribution >= 0.6 is 0 Å². The van der Waals surface area contributed by atoms with Crippen molar-refractivity contribution in [2.75, 3.05) is 31.6 Å². The van der Waals surface area contributed by atoms with Gasteiger partial charge in [-0.3, -0.25) is 9.59 Å². The van der Waals surface area contributed by atoms with E-state index in [1.807, 2.05) is 23.1 Å². The molecule has 6 heteroatoms. The first-order chi connectivity index (χ1) is 13.7. The predicted molar refractivity (Wildman–Crippen MR) is 106 cm³/mol. The maximum Gasteiger partial charge on any atom is 0.265 e. The third-order valence-electron chi connectivity index (χ3n) is 5.30. The van der Waals surface area contributed by atoms with Crippen molar-refractivity contribution in [2.24, 2.45) is 0 Å². The number of fused-ring (bicyclic) bond motifs is 1. The third-order valence-corrected chi connectivity index (χ3v) is 5.30. The highest BCUT2D eigenvalue weighted by Crippen LogP contribution is 2.34. The zero-order valence-electron chi connectivity index (χ0n) is 16.0. The van der Waals surface area contributed by atoms with Gasteiger partial charge in [-0.25, -0.2) is 0 Å². The summed E-state index contributed by atoms with van der Waals surface area (Å²) >= 11 is 0. The van der Waals surface area contributed by atoms with Gasteiger partial charge in [-0.05, 0) is 55.7 Å². The van der Waals surface area contributed by atoms with Gasteiger partial charge >= 0.3 is 0 Å². The van der Waals surface area contributed by atoms with Crippen molar-refractivity contribution in [2.45, 2.75) is 25.4 Å². The number of carbonyl (C=O) groups is 2. The van der Waals surface area contributed by atoms with Crippen LogP contribution in [-0.4, -0.2) is 49.6 Å². The Labute approximate surface area is 164 Å². The van der Waals surface area contributed by atoms with E-state index < -0.39 is 6.10 Å². The van der Waals surface area contributed by atoms with Crippen LogP contribution < -0.4 is 14.4 Å². The van der Waals surface area contributed by atoms with Crippen LogP contribution in [0.4, 0.5) is 5.69 Å². The van der Waals surface area contributed by atoms with Gasteiger partial charge in [0.1, 0.15) is 11.5 Å². The number of amides is 2. The summed E-state index contributed by atoms with van der Waals surface area (Å²) in [6, 6.07) is 14.4. The number of benzene rings is 2. The molecule has 0 aliphatic carbocycles. The van der Waals surface area contributed by atoms with Crippen LogP contribution in [0.2, 0.25) is 0 Å². The second-order valence-electron chi connectivity index (χ2n) is 7.10. The second kappa shape index (κ2) is 7.92. The van der Waals surface area contributed by atoms with Gasteiger partial charge in [0.15, 0.2) is 6.10 Å². The van der Waals surface area contributed by atoms with Crippen LogP contribution in [-0.2, 0) is 4.79 Å². The molecule has 1 fully saturated rings. The van der Waals surface area contributed by atoms with Gasteiger partial charge in [-0.2, -0.15) is 0 Å². The standard InChI is InChI=1S/C22H24N2O4/c1-27-17-11-9-16(10-12-17)21(25)24-15-20(22(26)23-13-5-2-6-14-23)28-19-8-4-3-7-18(19)24/h3-4,7-12,20H,2,5-6,13-15H2,1H3/t20-/m0/s1.